The van der Waals surface area contributed by atoms with Crippen LogP contribution in [0.1, 0.15) is 18.1 Å². The number of hydrogen-bond acceptors (Lipinski definition) is 5. The SMILES string of the molecule is CCOC(=O)C(=CNc1cc(C(F)(F)F)cc(C(F)(F)F)c1)S(=O)(=O)c1ccc(Cl)cc1. The van der Waals surface area contributed by atoms with Gasteiger partial charge in [0.2, 0.25) is 9.84 Å². The van der Waals surface area contributed by atoms with E-state index >= 15 is 0 Å². The number of benzene rings is 2. The summed E-state index contributed by atoms with van der Waals surface area (Å²) in [5, 5.41) is 2.22. The van der Waals surface area contributed by atoms with Crippen LogP contribution in [0.3, 0.4) is 0 Å². The molecule has 2 aromatic carbocycles. The van der Waals surface area contributed by atoms with E-state index in [2.05, 4.69) is 4.74 Å². The Labute approximate surface area is 183 Å². The fourth-order valence-corrected chi connectivity index (χ4v) is 3.74. The highest BCUT2D eigenvalue weighted by Gasteiger charge is 2.37. The van der Waals surface area contributed by atoms with Crippen LogP contribution in [-0.2, 0) is 31.7 Å². The minimum atomic E-state index is -5.11. The summed E-state index contributed by atoms with van der Waals surface area (Å²) < 4.78 is 108. The maximum absolute atomic E-state index is 13.0. The fraction of sp³-hybridized carbons (Fsp3) is 0.211. The van der Waals surface area contributed by atoms with E-state index in [-0.39, 0.29) is 17.7 Å². The zero-order valence-electron chi connectivity index (χ0n) is 16.0. The average Bonchev–Trinajstić information content (AvgIpc) is 2.67. The van der Waals surface area contributed by atoms with Crippen LogP contribution in [0.5, 0.6) is 0 Å². The van der Waals surface area contributed by atoms with E-state index in [1.165, 1.54) is 19.1 Å². The van der Waals surface area contributed by atoms with Gasteiger partial charge in [0.05, 0.1) is 22.6 Å². The normalized spacial score (nSPS) is 13.1. The minimum absolute atomic E-state index is 0.0917. The molecule has 1 N–H and O–H groups in total. The molecular formula is C19H14ClF6NO4S. The van der Waals surface area contributed by atoms with Crippen LogP contribution < -0.4 is 5.32 Å². The van der Waals surface area contributed by atoms with E-state index in [4.69, 9.17) is 11.6 Å². The van der Waals surface area contributed by atoms with Crippen molar-refractivity contribution in [3.63, 3.8) is 0 Å². The lowest BCUT2D eigenvalue weighted by Gasteiger charge is -2.15. The Bertz CT molecular complexity index is 1090. The highest BCUT2D eigenvalue weighted by atomic mass is 35.5. The molecule has 0 atom stereocenters. The van der Waals surface area contributed by atoms with Crippen molar-refractivity contribution in [2.75, 3.05) is 11.9 Å². The number of hydrogen-bond donors (Lipinski definition) is 1. The van der Waals surface area contributed by atoms with Crippen molar-refractivity contribution in [2.24, 2.45) is 0 Å². The van der Waals surface area contributed by atoms with Crippen molar-refractivity contribution >= 4 is 33.1 Å². The monoisotopic (exact) mass is 501 g/mol. The molecule has 174 valence electrons. The first-order chi connectivity index (χ1) is 14.7. The number of nitrogens with one attached hydrogen (secondary N) is 1. The van der Waals surface area contributed by atoms with Crippen LogP contribution in [0.15, 0.2) is 58.5 Å². The molecule has 0 radical (unpaired) electrons. The number of anilines is 1. The smallest absolute Gasteiger partial charge is 0.416 e. The van der Waals surface area contributed by atoms with Gasteiger partial charge in [0, 0.05) is 16.9 Å². The standard InChI is InChI=1S/C19H14ClF6NO4S/c1-2-31-17(28)16(32(29,30)15-5-3-13(20)4-6-15)10-27-14-8-11(18(21,22)23)7-12(9-14)19(24,25)26/h3-10,27H,2H2,1H3. The van der Waals surface area contributed by atoms with E-state index in [1.807, 2.05) is 5.32 Å². The van der Waals surface area contributed by atoms with Crippen molar-refractivity contribution in [1.29, 1.82) is 0 Å². The second kappa shape index (κ2) is 9.41. The summed E-state index contributed by atoms with van der Waals surface area (Å²) >= 11 is 5.70. The van der Waals surface area contributed by atoms with Crippen LogP contribution in [-0.4, -0.2) is 21.0 Å². The quantitative estimate of drug-likeness (QED) is 0.314. The molecule has 0 saturated carbocycles. The molecule has 0 aliphatic carbocycles. The van der Waals surface area contributed by atoms with E-state index in [0.29, 0.717) is 18.3 Å². The van der Waals surface area contributed by atoms with Crippen molar-refractivity contribution in [2.45, 2.75) is 24.2 Å². The predicted molar refractivity (Wildman–Crippen MR) is 103 cm³/mol. The Hall–Kier alpha value is -2.73. The number of sulfone groups is 1. The Morgan fingerprint density at radius 3 is 1.94 bits per heavy atom. The number of halogens is 7. The first kappa shape index (κ1) is 25.5. The second-order valence-corrected chi connectivity index (χ2v) is 8.48. The molecule has 0 aliphatic rings. The van der Waals surface area contributed by atoms with Gasteiger partial charge in [0.1, 0.15) is 0 Å². The van der Waals surface area contributed by atoms with Crippen molar-refractivity contribution in [3.05, 3.63) is 69.7 Å². The summed E-state index contributed by atoms with van der Waals surface area (Å²) in [5.41, 5.74) is -4.00. The maximum atomic E-state index is 13.0. The lowest BCUT2D eigenvalue weighted by Crippen LogP contribution is -2.18. The Morgan fingerprint density at radius 2 is 1.50 bits per heavy atom. The highest BCUT2D eigenvalue weighted by Crippen LogP contribution is 2.37. The summed E-state index contributed by atoms with van der Waals surface area (Å²) in [7, 11) is -4.57. The molecule has 32 heavy (non-hydrogen) atoms. The third-order valence-corrected chi connectivity index (χ3v) is 5.86. The molecule has 0 fully saturated rings. The molecule has 0 spiro atoms. The van der Waals surface area contributed by atoms with E-state index in [1.54, 1.807) is 0 Å². The number of ether oxygens (including phenoxy) is 1. The number of alkyl halides is 6. The Kier molecular flexibility index (Phi) is 7.51. The topological polar surface area (TPSA) is 72.5 Å². The molecule has 0 heterocycles. The molecule has 0 aliphatic heterocycles. The second-order valence-electron chi connectivity index (χ2n) is 6.13. The third-order valence-electron chi connectivity index (χ3n) is 3.85. The van der Waals surface area contributed by atoms with Gasteiger partial charge >= 0.3 is 18.3 Å². The average molecular weight is 502 g/mol. The minimum Gasteiger partial charge on any atom is -0.462 e. The lowest BCUT2D eigenvalue weighted by molar-refractivity contribution is -0.143. The van der Waals surface area contributed by atoms with Gasteiger partial charge in [-0.15, -0.1) is 0 Å². The summed E-state index contributed by atoms with van der Waals surface area (Å²) in [5.74, 6) is -1.36. The van der Waals surface area contributed by atoms with E-state index in [9.17, 15) is 39.6 Å². The van der Waals surface area contributed by atoms with E-state index < -0.39 is 54.8 Å². The number of rotatable bonds is 6. The first-order valence-electron chi connectivity index (χ1n) is 8.60. The van der Waals surface area contributed by atoms with Gasteiger partial charge in [-0.3, -0.25) is 0 Å². The van der Waals surface area contributed by atoms with Gasteiger partial charge < -0.3 is 10.1 Å². The Morgan fingerprint density at radius 1 is 1.00 bits per heavy atom. The maximum Gasteiger partial charge on any atom is 0.416 e. The molecule has 13 heteroatoms. The predicted octanol–water partition coefficient (Wildman–Crippen LogP) is 5.67. The molecular weight excluding hydrogens is 488 g/mol. The summed E-state index contributed by atoms with van der Waals surface area (Å²) in [6.45, 7) is 1.13. The summed E-state index contributed by atoms with van der Waals surface area (Å²) in [6.07, 6.45) is -9.75. The largest absolute Gasteiger partial charge is 0.462 e. The van der Waals surface area contributed by atoms with Gasteiger partial charge in [-0.05, 0) is 49.4 Å². The van der Waals surface area contributed by atoms with Gasteiger partial charge in [0.25, 0.3) is 0 Å². The van der Waals surface area contributed by atoms with Crippen molar-refractivity contribution in [3.8, 4) is 0 Å². The molecule has 0 saturated heterocycles. The van der Waals surface area contributed by atoms with Crippen LogP contribution in [0.4, 0.5) is 32.0 Å². The van der Waals surface area contributed by atoms with Crippen LogP contribution in [0.2, 0.25) is 5.02 Å². The zero-order chi connectivity index (χ0) is 24.3. The lowest BCUT2D eigenvalue weighted by atomic mass is 10.1. The van der Waals surface area contributed by atoms with Crippen molar-refractivity contribution < 1.29 is 44.3 Å². The van der Waals surface area contributed by atoms with Gasteiger partial charge in [-0.2, -0.15) is 26.3 Å². The summed E-state index contributed by atoms with van der Waals surface area (Å²) in [6, 6.07) is 5.14. The Balaban J connectivity index is 2.58. The van der Waals surface area contributed by atoms with Crippen molar-refractivity contribution in [1.82, 2.24) is 0 Å². The van der Waals surface area contributed by atoms with Crippen LogP contribution in [0, 0.1) is 0 Å². The third kappa shape index (κ3) is 6.16. The van der Waals surface area contributed by atoms with Gasteiger partial charge in [0.15, 0.2) is 4.91 Å². The molecule has 0 unspecified atom stereocenters. The summed E-state index contributed by atoms with van der Waals surface area (Å²) in [4.78, 5) is 10.8. The molecule has 2 aromatic rings. The van der Waals surface area contributed by atoms with Gasteiger partial charge in [-0.1, -0.05) is 11.6 Å². The van der Waals surface area contributed by atoms with E-state index in [0.717, 1.165) is 12.1 Å². The first-order valence-corrected chi connectivity index (χ1v) is 10.5. The number of carbonyl (C=O) groups excluding carboxylic acids is 1. The van der Waals surface area contributed by atoms with Gasteiger partial charge in [-0.25, -0.2) is 13.2 Å². The molecule has 2 rings (SSSR count). The number of esters is 1. The molecule has 0 bridgehead atoms. The van der Waals surface area contributed by atoms with Crippen LogP contribution >= 0.6 is 11.6 Å². The number of carbonyl (C=O) groups is 1. The van der Waals surface area contributed by atoms with Crippen LogP contribution in [0.25, 0.3) is 0 Å². The molecule has 0 aromatic heterocycles. The fourth-order valence-electron chi connectivity index (χ4n) is 2.38. The zero-order valence-corrected chi connectivity index (χ0v) is 17.6. The molecule has 5 nitrogen and oxygen atoms in total. The molecule has 0 amide bonds. The highest BCUT2D eigenvalue weighted by molar-refractivity contribution is 7.96.